The van der Waals surface area contributed by atoms with E-state index in [1.165, 1.54) is 18.2 Å². The van der Waals surface area contributed by atoms with E-state index in [4.69, 9.17) is 9.47 Å². The molecule has 8 nitrogen and oxygen atoms in total. The van der Waals surface area contributed by atoms with Crippen LogP contribution in [0.4, 0.5) is 11.4 Å². The number of hydrogen-bond donors (Lipinski definition) is 2. The number of hydrogen-bond acceptors (Lipinski definition) is 6. The molecule has 1 amide bonds. The van der Waals surface area contributed by atoms with E-state index in [0.717, 1.165) is 6.26 Å². The van der Waals surface area contributed by atoms with Crippen LogP contribution < -0.4 is 5.32 Å². The summed E-state index contributed by atoms with van der Waals surface area (Å²) in [6.07, 6.45) is 1.12. The molecule has 2 N–H and O–H groups in total. The highest BCUT2D eigenvalue weighted by atomic mass is 16.6. The van der Waals surface area contributed by atoms with Crippen LogP contribution in [0.5, 0.6) is 5.75 Å². The molecule has 1 aromatic carbocycles. The Kier molecular flexibility index (Phi) is 3.51. The van der Waals surface area contributed by atoms with Gasteiger partial charge >= 0.3 is 0 Å². The first kappa shape index (κ1) is 12.7. The molecule has 0 unspecified atom stereocenters. The third-order valence-corrected chi connectivity index (χ3v) is 2.33. The zero-order chi connectivity index (χ0) is 13.8. The lowest BCUT2D eigenvalue weighted by molar-refractivity contribution is -0.384. The standard InChI is InChI=1S/C11H10N2O6/c14-8-3-1-2-7(13(16)17)10(8)12-11(15)9-6-18-4-5-19-9/h1-3,6,14H,4-5H2,(H,12,15). The fourth-order valence-corrected chi connectivity index (χ4v) is 1.47. The van der Waals surface area contributed by atoms with E-state index < -0.39 is 22.3 Å². The molecule has 2 rings (SSSR count). The number of anilines is 1. The van der Waals surface area contributed by atoms with Crippen LogP contribution in [0.15, 0.2) is 30.2 Å². The highest BCUT2D eigenvalue weighted by Crippen LogP contribution is 2.33. The van der Waals surface area contributed by atoms with Crippen molar-refractivity contribution in [2.24, 2.45) is 0 Å². The molecule has 0 aromatic heterocycles. The molecule has 100 valence electrons. The van der Waals surface area contributed by atoms with Gasteiger partial charge in [0.05, 0.1) is 4.92 Å². The maximum Gasteiger partial charge on any atom is 0.296 e. The van der Waals surface area contributed by atoms with E-state index in [1.54, 1.807) is 0 Å². The van der Waals surface area contributed by atoms with Crippen molar-refractivity contribution in [1.82, 2.24) is 0 Å². The lowest BCUT2D eigenvalue weighted by Crippen LogP contribution is -2.21. The number of rotatable bonds is 3. The minimum atomic E-state index is -0.732. The molecule has 0 saturated carbocycles. The molecule has 0 fully saturated rings. The van der Waals surface area contributed by atoms with Gasteiger partial charge in [-0.3, -0.25) is 14.9 Å². The second-order valence-electron chi connectivity index (χ2n) is 3.58. The number of aromatic hydroxyl groups is 1. The summed E-state index contributed by atoms with van der Waals surface area (Å²) >= 11 is 0. The summed E-state index contributed by atoms with van der Waals surface area (Å²) in [5.74, 6) is -1.24. The zero-order valence-corrected chi connectivity index (χ0v) is 9.66. The van der Waals surface area contributed by atoms with Crippen molar-refractivity contribution in [3.8, 4) is 5.75 Å². The molecule has 0 aliphatic carbocycles. The normalized spacial score (nSPS) is 13.8. The van der Waals surface area contributed by atoms with Crippen LogP contribution in [0.3, 0.4) is 0 Å². The fraction of sp³-hybridized carbons (Fsp3) is 0.182. The minimum absolute atomic E-state index is 0.108. The first-order valence-corrected chi connectivity index (χ1v) is 5.32. The Labute approximate surface area is 107 Å². The fourth-order valence-electron chi connectivity index (χ4n) is 1.47. The number of benzene rings is 1. The summed E-state index contributed by atoms with van der Waals surface area (Å²) in [7, 11) is 0. The Balaban J connectivity index is 2.25. The van der Waals surface area contributed by atoms with Gasteiger partial charge in [0.25, 0.3) is 11.6 Å². The third kappa shape index (κ3) is 2.73. The van der Waals surface area contributed by atoms with E-state index in [9.17, 15) is 20.0 Å². The SMILES string of the molecule is O=C(Nc1c(O)cccc1[N+](=O)[O-])C1=COCCO1. The van der Waals surface area contributed by atoms with Crippen LogP contribution in [0, 0.1) is 10.1 Å². The van der Waals surface area contributed by atoms with Gasteiger partial charge in [0.15, 0.2) is 5.69 Å². The van der Waals surface area contributed by atoms with Gasteiger partial charge in [0.2, 0.25) is 5.76 Å². The number of nitro benzene ring substituents is 1. The number of phenolic OH excluding ortho intramolecular Hbond substituents is 1. The topological polar surface area (TPSA) is 111 Å². The van der Waals surface area contributed by atoms with Crippen molar-refractivity contribution < 1.29 is 24.3 Å². The number of nitrogens with one attached hydrogen (secondary N) is 1. The van der Waals surface area contributed by atoms with Gasteiger partial charge in [-0.05, 0) is 6.07 Å². The molecule has 8 heteroatoms. The highest BCUT2D eigenvalue weighted by molar-refractivity contribution is 6.04. The quantitative estimate of drug-likeness (QED) is 0.482. The number of ether oxygens (including phenoxy) is 2. The van der Waals surface area contributed by atoms with Crippen molar-refractivity contribution in [3.63, 3.8) is 0 Å². The van der Waals surface area contributed by atoms with E-state index >= 15 is 0 Å². The van der Waals surface area contributed by atoms with Crippen LogP contribution >= 0.6 is 0 Å². The molecule has 0 bridgehead atoms. The Morgan fingerprint density at radius 2 is 2.21 bits per heavy atom. The van der Waals surface area contributed by atoms with Crippen LogP contribution in [0.1, 0.15) is 0 Å². The lowest BCUT2D eigenvalue weighted by Gasteiger charge is -2.15. The van der Waals surface area contributed by atoms with Crippen molar-refractivity contribution in [3.05, 3.63) is 40.3 Å². The summed E-state index contributed by atoms with van der Waals surface area (Å²) in [4.78, 5) is 21.9. The molecule has 1 aromatic rings. The number of carbonyl (C=O) groups excluding carboxylic acids is 1. The number of nitrogens with zero attached hydrogens (tertiary/aromatic N) is 1. The number of phenols is 1. The van der Waals surface area contributed by atoms with Crippen molar-refractivity contribution >= 4 is 17.3 Å². The van der Waals surface area contributed by atoms with Crippen molar-refractivity contribution in [2.75, 3.05) is 18.5 Å². The number of carbonyl (C=O) groups is 1. The van der Waals surface area contributed by atoms with Crippen molar-refractivity contribution in [1.29, 1.82) is 0 Å². The van der Waals surface area contributed by atoms with Crippen LogP contribution in [0.2, 0.25) is 0 Å². The molecule has 1 aliphatic heterocycles. The number of nitro groups is 1. The Hall–Kier alpha value is -2.77. The summed E-state index contributed by atoms with van der Waals surface area (Å²) < 4.78 is 9.93. The molecule has 19 heavy (non-hydrogen) atoms. The minimum Gasteiger partial charge on any atom is -0.505 e. The van der Waals surface area contributed by atoms with E-state index in [2.05, 4.69) is 5.32 Å². The number of para-hydroxylation sites is 1. The maximum atomic E-state index is 11.8. The molecule has 0 saturated heterocycles. The van der Waals surface area contributed by atoms with Gasteiger partial charge in [-0.15, -0.1) is 0 Å². The van der Waals surface area contributed by atoms with E-state index in [1.807, 2.05) is 0 Å². The summed E-state index contributed by atoms with van der Waals surface area (Å²) in [6, 6.07) is 3.71. The predicted octanol–water partition coefficient (Wildman–Crippen LogP) is 1.13. The molecule has 0 atom stereocenters. The second-order valence-corrected chi connectivity index (χ2v) is 3.58. The van der Waals surface area contributed by atoms with E-state index in [0.29, 0.717) is 6.61 Å². The lowest BCUT2D eigenvalue weighted by atomic mass is 10.2. The summed E-state index contributed by atoms with van der Waals surface area (Å²) in [5, 5.41) is 22.6. The molecule has 0 radical (unpaired) electrons. The molecular formula is C11H10N2O6. The average Bonchev–Trinajstić information content (AvgIpc) is 2.41. The van der Waals surface area contributed by atoms with Crippen LogP contribution in [0.25, 0.3) is 0 Å². The summed E-state index contributed by atoms with van der Waals surface area (Å²) in [5.41, 5.74) is -0.696. The molecule has 1 heterocycles. The zero-order valence-electron chi connectivity index (χ0n) is 9.66. The maximum absolute atomic E-state index is 11.8. The van der Waals surface area contributed by atoms with Gasteiger partial charge in [-0.1, -0.05) is 6.07 Å². The third-order valence-electron chi connectivity index (χ3n) is 2.33. The van der Waals surface area contributed by atoms with Crippen LogP contribution in [-0.2, 0) is 14.3 Å². The first-order valence-electron chi connectivity index (χ1n) is 5.32. The van der Waals surface area contributed by atoms with Gasteiger partial charge in [-0.25, -0.2) is 0 Å². The largest absolute Gasteiger partial charge is 0.505 e. The monoisotopic (exact) mass is 266 g/mol. The van der Waals surface area contributed by atoms with Gasteiger partial charge in [0.1, 0.15) is 25.2 Å². The van der Waals surface area contributed by atoms with Gasteiger partial charge in [0, 0.05) is 6.07 Å². The highest BCUT2D eigenvalue weighted by Gasteiger charge is 2.22. The van der Waals surface area contributed by atoms with Gasteiger partial charge < -0.3 is 19.9 Å². The Morgan fingerprint density at radius 3 is 2.84 bits per heavy atom. The number of amides is 1. The molecule has 0 spiro atoms. The Morgan fingerprint density at radius 1 is 1.42 bits per heavy atom. The van der Waals surface area contributed by atoms with Crippen LogP contribution in [-0.4, -0.2) is 29.2 Å². The molecule has 1 aliphatic rings. The van der Waals surface area contributed by atoms with E-state index in [-0.39, 0.29) is 18.1 Å². The second kappa shape index (κ2) is 5.25. The smallest absolute Gasteiger partial charge is 0.296 e. The average molecular weight is 266 g/mol. The first-order chi connectivity index (χ1) is 9.09. The van der Waals surface area contributed by atoms with Crippen molar-refractivity contribution in [2.45, 2.75) is 0 Å². The summed E-state index contributed by atoms with van der Waals surface area (Å²) in [6.45, 7) is 0.537. The predicted molar refractivity (Wildman–Crippen MR) is 63.4 cm³/mol. The van der Waals surface area contributed by atoms with Gasteiger partial charge in [-0.2, -0.15) is 0 Å². The molecular weight excluding hydrogens is 256 g/mol. The Bertz CT molecular complexity index is 554.